The summed E-state index contributed by atoms with van der Waals surface area (Å²) >= 11 is 1.48. The van der Waals surface area contributed by atoms with Crippen LogP contribution in [0.25, 0.3) is 20.9 Å². The molecule has 5 nitrogen and oxygen atoms in total. The predicted octanol–water partition coefficient (Wildman–Crippen LogP) is 4.63. The lowest BCUT2D eigenvalue weighted by molar-refractivity contribution is 0.0484. The zero-order chi connectivity index (χ0) is 18.5. The predicted molar refractivity (Wildman–Crippen MR) is 99.4 cm³/mol. The Labute approximate surface area is 154 Å². The SMILES string of the molecule is COCOc1cc(-c2cc(C#N)c(-c3ccccc3)s2)ccc1C(=O)O. The highest BCUT2D eigenvalue weighted by atomic mass is 32.1. The number of thiophene rings is 1. The van der Waals surface area contributed by atoms with Gasteiger partial charge in [0.05, 0.1) is 10.4 Å². The molecule has 3 rings (SSSR count). The van der Waals surface area contributed by atoms with Crippen molar-refractivity contribution in [3.05, 3.63) is 65.7 Å². The maximum atomic E-state index is 11.4. The second-order valence-corrected chi connectivity index (χ2v) is 6.45. The van der Waals surface area contributed by atoms with E-state index in [-0.39, 0.29) is 18.1 Å². The number of rotatable bonds is 6. The van der Waals surface area contributed by atoms with Crippen LogP contribution in [0.15, 0.2) is 54.6 Å². The lowest BCUT2D eigenvalue weighted by Crippen LogP contribution is -2.05. The number of hydrogen-bond donors (Lipinski definition) is 1. The summed E-state index contributed by atoms with van der Waals surface area (Å²) in [4.78, 5) is 13.1. The van der Waals surface area contributed by atoms with Gasteiger partial charge in [-0.05, 0) is 29.3 Å². The van der Waals surface area contributed by atoms with Gasteiger partial charge in [0, 0.05) is 12.0 Å². The maximum Gasteiger partial charge on any atom is 0.339 e. The van der Waals surface area contributed by atoms with Crippen molar-refractivity contribution in [1.82, 2.24) is 0 Å². The Morgan fingerprint density at radius 2 is 1.92 bits per heavy atom. The topological polar surface area (TPSA) is 79.5 Å². The standard InChI is InChI=1S/C20H15NO4S/c1-24-12-25-17-9-14(7-8-16(17)20(22)23)18-10-15(11-21)19(26-18)13-5-3-2-4-6-13/h2-10H,12H2,1H3,(H,22,23). The summed E-state index contributed by atoms with van der Waals surface area (Å²) in [5.74, 6) is -0.846. The summed E-state index contributed by atoms with van der Waals surface area (Å²) in [7, 11) is 1.47. The number of carboxylic acids is 1. The number of ether oxygens (including phenoxy) is 2. The summed E-state index contributed by atoms with van der Waals surface area (Å²) in [5.41, 5.74) is 2.40. The third kappa shape index (κ3) is 3.59. The summed E-state index contributed by atoms with van der Waals surface area (Å²) in [6, 6.07) is 18.6. The summed E-state index contributed by atoms with van der Waals surface area (Å²) < 4.78 is 10.3. The van der Waals surface area contributed by atoms with Crippen molar-refractivity contribution < 1.29 is 19.4 Å². The monoisotopic (exact) mass is 365 g/mol. The van der Waals surface area contributed by atoms with E-state index < -0.39 is 5.97 Å². The quantitative estimate of drug-likeness (QED) is 0.644. The van der Waals surface area contributed by atoms with Crippen molar-refractivity contribution in [2.45, 2.75) is 0 Å². The number of nitrogens with zero attached hydrogens (tertiary/aromatic N) is 1. The van der Waals surface area contributed by atoms with Crippen LogP contribution >= 0.6 is 11.3 Å². The molecule has 0 aliphatic rings. The first-order chi connectivity index (χ1) is 12.6. The molecule has 6 heteroatoms. The van der Waals surface area contributed by atoms with Crippen molar-refractivity contribution in [3.8, 4) is 32.7 Å². The highest BCUT2D eigenvalue weighted by molar-refractivity contribution is 7.19. The van der Waals surface area contributed by atoms with E-state index in [9.17, 15) is 15.2 Å². The molecule has 0 saturated heterocycles. The smallest absolute Gasteiger partial charge is 0.339 e. The minimum atomic E-state index is -1.07. The number of nitriles is 1. The van der Waals surface area contributed by atoms with Crippen LogP contribution < -0.4 is 4.74 Å². The lowest BCUT2D eigenvalue weighted by atomic mass is 10.1. The first-order valence-corrected chi connectivity index (χ1v) is 8.54. The van der Waals surface area contributed by atoms with Crippen LogP contribution in [0.5, 0.6) is 5.75 Å². The Bertz CT molecular complexity index is 973. The molecule has 0 aliphatic heterocycles. The molecule has 1 N–H and O–H groups in total. The summed E-state index contributed by atoms with van der Waals surface area (Å²) in [5, 5.41) is 18.8. The zero-order valence-corrected chi connectivity index (χ0v) is 14.7. The minimum Gasteiger partial charge on any atom is -0.478 e. The van der Waals surface area contributed by atoms with Gasteiger partial charge in [-0.3, -0.25) is 0 Å². The molecule has 2 aromatic carbocycles. The molecule has 0 bridgehead atoms. The second-order valence-electron chi connectivity index (χ2n) is 5.40. The zero-order valence-electron chi connectivity index (χ0n) is 13.9. The van der Waals surface area contributed by atoms with Gasteiger partial charge in [-0.1, -0.05) is 36.4 Å². The molecule has 0 spiro atoms. The van der Waals surface area contributed by atoms with Crippen molar-refractivity contribution in [2.24, 2.45) is 0 Å². The first kappa shape index (κ1) is 17.7. The molecule has 0 saturated carbocycles. The van der Waals surface area contributed by atoms with Gasteiger partial charge in [-0.15, -0.1) is 11.3 Å². The third-order valence-electron chi connectivity index (χ3n) is 3.72. The molecule has 0 unspecified atom stereocenters. The summed E-state index contributed by atoms with van der Waals surface area (Å²) in [6.45, 7) is -0.0487. The van der Waals surface area contributed by atoms with Gasteiger partial charge >= 0.3 is 5.97 Å². The average Bonchev–Trinajstić information content (AvgIpc) is 3.11. The normalized spacial score (nSPS) is 10.3. The van der Waals surface area contributed by atoms with Gasteiger partial charge in [0.15, 0.2) is 6.79 Å². The fraction of sp³-hybridized carbons (Fsp3) is 0.100. The van der Waals surface area contributed by atoms with Crippen LogP contribution in [-0.2, 0) is 4.74 Å². The van der Waals surface area contributed by atoms with Crippen LogP contribution in [0.1, 0.15) is 15.9 Å². The molecule has 0 fully saturated rings. The fourth-order valence-corrected chi connectivity index (χ4v) is 3.62. The molecule has 1 heterocycles. The Hall–Kier alpha value is -3.14. The number of carboxylic acid groups (broad SMARTS) is 1. The molecular weight excluding hydrogens is 350 g/mol. The highest BCUT2D eigenvalue weighted by Gasteiger charge is 2.16. The number of benzene rings is 2. The molecular formula is C20H15NO4S. The molecule has 0 atom stereocenters. The van der Waals surface area contributed by atoms with Crippen LogP contribution in [0.3, 0.4) is 0 Å². The Kier molecular flexibility index (Phi) is 5.32. The average molecular weight is 365 g/mol. The highest BCUT2D eigenvalue weighted by Crippen LogP contribution is 2.39. The molecule has 0 amide bonds. The van der Waals surface area contributed by atoms with E-state index in [1.807, 2.05) is 36.4 Å². The van der Waals surface area contributed by atoms with Crippen LogP contribution in [0.4, 0.5) is 0 Å². The summed E-state index contributed by atoms with van der Waals surface area (Å²) in [6.07, 6.45) is 0. The third-order valence-corrected chi connectivity index (χ3v) is 4.95. The van der Waals surface area contributed by atoms with E-state index >= 15 is 0 Å². The maximum absolute atomic E-state index is 11.4. The molecule has 0 radical (unpaired) electrons. The minimum absolute atomic E-state index is 0.0487. The largest absolute Gasteiger partial charge is 0.478 e. The van der Waals surface area contributed by atoms with Crippen molar-refractivity contribution >= 4 is 17.3 Å². The molecule has 1 aromatic heterocycles. The van der Waals surface area contributed by atoms with E-state index in [1.54, 1.807) is 12.1 Å². The van der Waals surface area contributed by atoms with Gasteiger partial charge in [-0.2, -0.15) is 5.26 Å². The van der Waals surface area contributed by atoms with E-state index in [4.69, 9.17) is 9.47 Å². The van der Waals surface area contributed by atoms with Gasteiger partial charge in [0.1, 0.15) is 17.4 Å². The lowest BCUT2D eigenvalue weighted by Gasteiger charge is -2.09. The molecule has 130 valence electrons. The van der Waals surface area contributed by atoms with Gasteiger partial charge in [0.2, 0.25) is 0 Å². The second kappa shape index (κ2) is 7.83. The molecule has 0 aliphatic carbocycles. The van der Waals surface area contributed by atoms with Gasteiger partial charge in [0.25, 0.3) is 0 Å². The van der Waals surface area contributed by atoms with Crippen molar-refractivity contribution in [1.29, 1.82) is 5.26 Å². The van der Waals surface area contributed by atoms with Gasteiger partial charge < -0.3 is 14.6 Å². The number of hydrogen-bond acceptors (Lipinski definition) is 5. The van der Waals surface area contributed by atoms with Crippen LogP contribution in [-0.4, -0.2) is 25.0 Å². The van der Waals surface area contributed by atoms with E-state index in [0.29, 0.717) is 5.56 Å². The van der Waals surface area contributed by atoms with E-state index in [2.05, 4.69) is 6.07 Å². The Balaban J connectivity index is 2.05. The molecule has 3 aromatic rings. The van der Waals surface area contributed by atoms with Crippen molar-refractivity contribution in [3.63, 3.8) is 0 Å². The first-order valence-electron chi connectivity index (χ1n) is 7.73. The number of aromatic carboxylic acids is 1. The van der Waals surface area contributed by atoms with Crippen LogP contribution in [0, 0.1) is 11.3 Å². The van der Waals surface area contributed by atoms with E-state index in [1.165, 1.54) is 24.5 Å². The molecule has 26 heavy (non-hydrogen) atoms. The number of methoxy groups -OCH3 is 1. The Morgan fingerprint density at radius 3 is 2.58 bits per heavy atom. The fourth-order valence-electron chi connectivity index (χ4n) is 2.51. The van der Waals surface area contributed by atoms with E-state index in [0.717, 1.165) is 20.9 Å². The van der Waals surface area contributed by atoms with Crippen molar-refractivity contribution in [2.75, 3.05) is 13.9 Å². The van der Waals surface area contributed by atoms with Crippen LogP contribution in [0.2, 0.25) is 0 Å². The number of carbonyl (C=O) groups is 1. The Morgan fingerprint density at radius 1 is 1.15 bits per heavy atom. The van der Waals surface area contributed by atoms with Gasteiger partial charge in [-0.25, -0.2) is 4.79 Å².